The molecule has 0 spiro atoms. The smallest absolute Gasteiger partial charge is 0.264 e. The summed E-state index contributed by atoms with van der Waals surface area (Å²) in [5.41, 5.74) is 5.00. The van der Waals surface area contributed by atoms with Gasteiger partial charge in [-0.3, -0.25) is 4.79 Å². The van der Waals surface area contributed by atoms with Gasteiger partial charge in [0.05, 0.1) is 10.6 Å². The molecule has 176 valence electrons. The van der Waals surface area contributed by atoms with E-state index in [0.717, 1.165) is 34.3 Å². The van der Waals surface area contributed by atoms with Gasteiger partial charge in [0, 0.05) is 34.2 Å². The summed E-state index contributed by atoms with van der Waals surface area (Å²) >= 11 is 7.58. The van der Waals surface area contributed by atoms with E-state index < -0.39 is 0 Å². The SMILES string of the molecule is Cc1c(Cl)cccc1N=C1NC(=O)/C(=C\c2cn(Cc3ccc4ccccc4c3)c3ccccc23)S1. The Balaban J connectivity index is 1.33. The van der Waals surface area contributed by atoms with Gasteiger partial charge in [-0.2, -0.15) is 0 Å². The van der Waals surface area contributed by atoms with Crippen molar-refractivity contribution in [2.45, 2.75) is 13.5 Å². The molecule has 5 aromatic rings. The number of para-hydroxylation sites is 1. The number of aliphatic imine (C=N–C) groups is 1. The molecule has 6 rings (SSSR count). The number of amidine groups is 1. The molecule has 1 aliphatic rings. The molecule has 1 aliphatic heterocycles. The van der Waals surface area contributed by atoms with Crippen LogP contribution in [0.4, 0.5) is 5.69 Å². The van der Waals surface area contributed by atoms with Gasteiger partial charge in [0.1, 0.15) is 0 Å². The third-order valence-electron chi connectivity index (χ3n) is 6.38. The highest BCUT2D eigenvalue weighted by Crippen LogP contribution is 2.33. The molecule has 0 unspecified atom stereocenters. The first kappa shape index (κ1) is 22.7. The van der Waals surface area contributed by atoms with Crippen LogP contribution in [-0.2, 0) is 11.3 Å². The summed E-state index contributed by atoms with van der Waals surface area (Å²) in [4.78, 5) is 18.0. The minimum Gasteiger partial charge on any atom is -0.342 e. The van der Waals surface area contributed by atoms with Crippen LogP contribution in [-0.4, -0.2) is 15.6 Å². The molecular weight excluding hydrogens is 486 g/mol. The molecule has 0 bridgehead atoms. The number of thioether (sulfide) groups is 1. The molecule has 1 amide bonds. The maximum atomic E-state index is 12.8. The van der Waals surface area contributed by atoms with Gasteiger partial charge in [-0.1, -0.05) is 72.3 Å². The van der Waals surface area contributed by atoms with Crippen LogP contribution in [0.15, 0.2) is 101 Å². The van der Waals surface area contributed by atoms with Crippen LogP contribution in [0.5, 0.6) is 0 Å². The molecule has 36 heavy (non-hydrogen) atoms. The normalized spacial score (nSPS) is 15.9. The molecule has 1 N–H and O–H groups in total. The Bertz CT molecular complexity index is 1720. The van der Waals surface area contributed by atoms with Crippen molar-refractivity contribution in [3.63, 3.8) is 0 Å². The first-order valence-electron chi connectivity index (χ1n) is 11.7. The zero-order chi connectivity index (χ0) is 24.6. The van der Waals surface area contributed by atoms with Gasteiger partial charge < -0.3 is 9.88 Å². The van der Waals surface area contributed by atoms with Gasteiger partial charge in [0.25, 0.3) is 5.91 Å². The van der Waals surface area contributed by atoms with Crippen LogP contribution in [0.1, 0.15) is 16.7 Å². The highest BCUT2D eigenvalue weighted by Gasteiger charge is 2.24. The Morgan fingerprint density at radius 3 is 2.67 bits per heavy atom. The first-order valence-corrected chi connectivity index (χ1v) is 12.8. The number of fused-ring (bicyclic) bond motifs is 2. The third kappa shape index (κ3) is 4.32. The van der Waals surface area contributed by atoms with Crippen molar-refractivity contribution in [3.05, 3.63) is 118 Å². The van der Waals surface area contributed by atoms with Gasteiger partial charge in [-0.05, 0) is 70.9 Å². The lowest BCUT2D eigenvalue weighted by molar-refractivity contribution is -0.115. The standard InChI is InChI=1S/C30H22ClN3OS/c1-19-25(31)10-6-11-26(19)32-30-33-29(35)28(36-30)16-23-18-34(27-12-5-4-9-24(23)27)17-20-13-14-21-7-2-3-8-22(21)15-20/h2-16,18H,17H2,1H3,(H,32,33,35)/b28-16+. The van der Waals surface area contributed by atoms with E-state index in [4.69, 9.17) is 11.6 Å². The predicted molar refractivity (Wildman–Crippen MR) is 152 cm³/mol. The van der Waals surface area contributed by atoms with E-state index in [1.807, 2.05) is 43.3 Å². The summed E-state index contributed by atoms with van der Waals surface area (Å²) in [6.45, 7) is 2.67. The topological polar surface area (TPSA) is 46.4 Å². The maximum absolute atomic E-state index is 12.8. The van der Waals surface area contributed by atoms with Crippen LogP contribution in [0.3, 0.4) is 0 Å². The quantitative estimate of drug-likeness (QED) is 0.253. The largest absolute Gasteiger partial charge is 0.342 e. The fourth-order valence-corrected chi connectivity index (χ4v) is 5.50. The van der Waals surface area contributed by atoms with E-state index in [9.17, 15) is 4.79 Å². The molecule has 2 heterocycles. The minimum atomic E-state index is -0.148. The van der Waals surface area contributed by atoms with Gasteiger partial charge >= 0.3 is 0 Å². The summed E-state index contributed by atoms with van der Waals surface area (Å²) in [6, 6.07) is 28.9. The van der Waals surface area contributed by atoms with Crippen molar-refractivity contribution >= 4 is 67.9 Å². The predicted octanol–water partition coefficient (Wildman–Crippen LogP) is 7.70. The van der Waals surface area contributed by atoms with Crippen LogP contribution >= 0.6 is 23.4 Å². The monoisotopic (exact) mass is 507 g/mol. The minimum absolute atomic E-state index is 0.148. The molecule has 4 aromatic carbocycles. The number of rotatable bonds is 4. The number of halogens is 1. The van der Waals surface area contributed by atoms with Gasteiger partial charge in [-0.25, -0.2) is 4.99 Å². The van der Waals surface area contributed by atoms with E-state index >= 15 is 0 Å². The number of hydrogen-bond donors (Lipinski definition) is 1. The average molecular weight is 508 g/mol. The highest BCUT2D eigenvalue weighted by molar-refractivity contribution is 8.18. The Morgan fingerprint density at radius 2 is 1.78 bits per heavy atom. The molecule has 1 aromatic heterocycles. The fraction of sp³-hybridized carbons (Fsp3) is 0.0667. The average Bonchev–Trinajstić information content (AvgIpc) is 3.41. The van der Waals surface area contributed by atoms with Crippen molar-refractivity contribution in [3.8, 4) is 0 Å². The number of aromatic nitrogens is 1. The van der Waals surface area contributed by atoms with E-state index in [0.29, 0.717) is 15.1 Å². The third-order valence-corrected chi connectivity index (χ3v) is 7.70. The Labute approximate surface area is 218 Å². The van der Waals surface area contributed by atoms with Gasteiger partial charge in [0.2, 0.25) is 0 Å². The number of carbonyl (C=O) groups is 1. The molecule has 0 saturated carbocycles. The zero-order valence-corrected chi connectivity index (χ0v) is 21.1. The van der Waals surface area contributed by atoms with Crippen molar-refractivity contribution in [2.75, 3.05) is 0 Å². The summed E-state index contributed by atoms with van der Waals surface area (Å²) in [6.07, 6.45) is 4.07. The summed E-state index contributed by atoms with van der Waals surface area (Å²) in [7, 11) is 0. The summed E-state index contributed by atoms with van der Waals surface area (Å²) in [5.74, 6) is -0.148. The summed E-state index contributed by atoms with van der Waals surface area (Å²) < 4.78 is 2.24. The van der Waals surface area contributed by atoms with Crippen LogP contribution in [0.2, 0.25) is 5.02 Å². The molecule has 4 nitrogen and oxygen atoms in total. The second-order valence-corrected chi connectivity index (χ2v) is 10.2. The molecule has 0 atom stereocenters. The van der Waals surface area contributed by atoms with E-state index in [-0.39, 0.29) is 5.91 Å². The van der Waals surface area contributed by atoms with Crippen molar-refractivity contribution in [1.29, 1.82) is 0 Å². The summed E-state index contributed by atoms with van der Waals surface area (Å²) in [5, 5.41) is 7.67. The molecule has 0 aliphatic carbocycles. The lowest BCUT2D eigenvalue weighted by Crippen LogP contribution is -2.19. The Kier molecular flexibility index (Phi) is 5.88. The molecular formula is C30H22ClN3OS. The molecule has 1 fully saturated rings. The number of hydrogen-bond acceptors (Lipinski definition) is 3. The van der Waals surface area contributed by atoms with Crippen molar-refractivity contribution in [2.24, 2.45) is 4.99 Å². The van der Waals surface area contributed by atoms with Crippen molar-refractivity contribution in [1.82, 2.24) is 9.88 Å². The number of nitrogens with one attached hydrogen (secondary N) is 1. The van der Waals surface area contributed by atoms with Crippen LogP contribution in [0, 0.1) is 6.92 Å². The number of carbonyl (C=O) groups excluding carboxylic acids is 1. The molecule has 0 radical (unpaired) electrons. The van der Waals surface area contributed by atoms with Gasteiger partial charge in [-0.15, -0.1) is 0 Å². The van der Waals surface area contributed by atoms with Crippen molar-refractivity contribution < 1.29 is 4.79 Å². The van der Waals surface area contributed by atoms with E-state index in [1.165, 1.54) is 28.1 Å². The maximum Gasteiger partial charge on any atom is 0.264 e. The van der Waals surface area contributed by atoms with E-state index in [1.54, 1.807) is 0 Å². The first-order chi connectivity index (χ1) is 17.5. The second-order valence-electron chi connectivity index (χ2n) is 8.78. The lowest BCUT2D eigenvalue weighted by Gasteiger charge is -2.07. The lowest BCUT2D eigenvalue weighted by atomic mass is 10.1. The number of nitrogens with zero attached hydrogens (tertiary/aromatic N) is 2. The highest BCUT2D eigenvalue weighted by atomic mass is 35.5. The fourth-order valence-electron chi connectivity index (χ4n) is 4.50. The zero-order valence-electron chi connectivity index (χ0n) is 19.5. The Hall–Kier alpha value is -3.80. The van der Waals surface area contributed by atoms with Crippen LogP contribution in [0.25, 0.3) is 27.8 Å². The number of benzene rings is 4. The van der Waals surface area contributed by atoms with Crippen LogP contribution < -0.4 is 5.32 Å². The van der Waals surface area contributed by atoms with E-state index in [2.05, 4.69) is 75.7 Å². The molecule has 1 saturated heterocycles. The van der Waals surface area contributed by atoms with Gasteiger partial charge in [0.15, 0.2) is 5.17 Å². The number of amides is 1. The Morgan fingerprint density at radius 1 is 0.972 bits per heavy atom. The second kappa shape index (κ2) is 9.34. The molecule has 6 heteroatoms.